The predicted octanol–water partition coefficient (Wildman–Crippen LogP) is 4.65. The number of furan rings is 1. The van der Waals surface area contributed by atoms with Gasteiger partial charge in [-0.05, 0) is 79.8 Å². The molecule has 10 heteroatoms. The standard InChI is InChI=1S/C28H32BrN7O2/c29-26-21-13-19(14-30)38-25(21)15-32-28(26)36(24-2-1-11-34-23(24)9-10-33-34)17-5-3-16(4-6-17)35-18-7-8-22(35)20(12-18)27(31)37/h9-10,13,15-18,20,22,24H,1-8,11-12H2,(H2,31,37)/t16?,17?,18-,20-,22-,24-/m0/s1. The first-order chi connectivity index (χ1) is 18.5. The number of hydrogen-bond acceptors (Lipinski definition) is 7. The molecule has 6 heterocycles. The number of nitriles is 1. The van der Waals surface area contributed by atoms with Gasteiger partial charge in [0.25, 0.3) is 0 Å². The lowest BCUT2D eigenvalue weighted by atomic mass is 9.86. The van der Waals surface area contributed by atoms with E-state index in [4.69, 9.17) is 15.1 Å². The summed E-state index contributed by atoms with van der Waals surface area (Å²) in [6.07, 6.45) is 13.3. The molecule has 3 aromatic heterocycles. The predicted molar refractivity (Wildman–Crippen MR) is 145 cm³/mol. The molecule has 7 rings (SSSR count). The number of primary amides is 1. The van der Waals surface area contributed by atoms with Crippen molar-refractivity contribution in [2.75, 3.05) is 4.90 Å². The first kappa shape index (κ1) is 24.2. The molecule has 2 bridgehead atoms. The minimum atomic E-state index is -0.124. The molecule has 1 amide bonds. The van der Waals surface area contributed by atoms with E-state index < -0.39 is 0 Å². The van der Waals surface area contributed by atoms with E-state index >= 15 is 0 Å². The number of aromatic nitrogens is 3. The number of halogens is 1. The summed E-state index contributed by atoms with van der Waals surface area (Å²) in [5.74, 6) is 1.09. The maximum absolute atomic E-state index is 12.1. The van der Waals surface area contributed by atoms with Gasteiger partial charge in [-0.3, -0.25) is 14.4 Å². The van der Waals surface area contributed by atoms with Crippen LogP contribution in [0, 0.1) is 17.2 Å². The highest BCUT2D eigenvalue weighted by atomic mass is 79.9. The van der Waals surface area contributed by atoms with Crippen LogP contribution in [0.1, 0.15) is 75.3 Å². The Balaban J connectivity index is 1.20. The zero-order chi connectivity index (χ0) is 26.0. The summed E-state index contributed by atoms with van der Waals surface area (Å²) in [7, 11) is 0. The van der Waals surface area contributed by atoms with Crippen LogP contribution < -0.4 is 10.6 Å². The molecule has 1 saturated carbocycles. The summed E-state index contributed by atoms with van der Waals surface area (Å²) in [4.78, 5) is 22.2. The van der Waals surface area contributed by atoms with Gasteiger partial charge in [0, 0.05) is 48.4 Å². The van der Waals surface area contributed by atoms with E-state index in [-0.39, 0.29) is 23.6 Å². The fourth-order valence-corrected chi connectivity index (χ4v) is 8.61. The van der Waals surface area contributed by atoms with Crippen molar-refractivity contribution in [3.05, 3.63) is 40.5 Å². The Kier molecular flexibility index (Phi) is 5.97. The minimum absolute atomic E-state index is 0.0191. The van der Waals surface area contributed by atoms with Crippen LogP contribution in [0.2, 0.25) is 0 Å². The number of nitrogens with two attached hydrogens (primary N) is 1. The number of anilines is 1. The molecule has 4 aliphatic rings. The highest BCUT2D eigenvalue weighted by Gasteiger charge is 2.51. The van der Waals surface area contributed by atoms with Gasteiger partial charge in [0.2, 0.25) is 11.7 Å². The Labute approximate surface area is 230 Å². The largest absolute Gasteiger partial charge is 0.444 e. The van der Waals surface area contributed by atoms with Gasteiger partial charge in [0.15, 0.2) is 5.58 Å². The fraction of sp³-hybridized carbons (Fsp3) is 0.571. The molecule has 0 spiro atoms. The summed E-state index contributed by atoms with van der Waals surface area (Å²) in [6.45, 7) is 0.944. The van der Waals surface area contributed by atoms with E-state index in [9.17, 15) is 10.1 Å². The molecule has 2 N–H and O–H groups in total. The van der Waals surface area contributed by atoms with Crippen LogP contribution in [-0.2, 0) is 11.3 Å². The maximum Gasteiger partial charge on any atom is 0.222 e. The molecule has 0 unspecified atom stereocenters. The molecular formula is C28H32BrN7O2. The van der Waals surface area contributed by atoms with Gasteiger partial charge in [0.05, 0.1) is 28.3 Å². The quantitative estimate of drug-likeness (QED) is 0.469. The van der Waals surface area contributed by atoms with Crippen LogP contribution in [0.3, 0.4) is 0 Å². The minimum Gasteiger partial charge on any atom is -0.444 e. The summed E-state index contributed by atoms with van der Waals surface area (Å²) >= 11 is 3.85. The van der Waals surface area contributed by atoms with Gasteiger partial charge in [-0.25, -0.2) is 4.98 Å². The number of fused-ring (bicyclic) bond motifs is 4. The molecule has 0 aromatic carbocycles. The van der Waals surface area contributed by atoms with Crippen molar-refractivity contribution in [2.45, 2.75) is 94.5 Å². The van der Waals surface area contributed by atoms with Gasteiger partial charge >= 0.3 is 0 Å². The second-order valence-corrected chi connectivity index (χ2v) is 12.2. The summed E-state index contributed by atoms with van der Waals surface area (Å²) in [5.41, 5.74) is 7.61. The zero-order valence-corrected chi connectivity index (χ0v) is 22.9. The van der Waals surface area contributed by atoms with Crippen LogP contribution >= 0.6 is 15.9 Å². The molecule has 38 heavy (non-hydrogen) atoms. The molecule has 4 atom stereocenters. The summed E-state index contributed by atoms with van der Waals surface area (Å²) in [5, 5.41) is 14.8. The zero-order valence-electron chi connectivity index (χ0n) is 21.3. The van der Waals surface area contributed by atoms with E-state index in [1.54, 1.807) is 12.3 Å². The second-order valence-electron chi connectivity index (χ2n) is 11.4. The molecule has 3 aromatic rings. The van der Waals surface area contributed by atoms with E-state index in [1.165, 1.54) is 12.1 Å². The first-order valence-electron chi connectivity index (χ1n) is 13.9. The van der Waals surface area contributed by atoms with E-state index in [0.717, 1.165) is 73.6 Å². The third-order valence-electron chi connectivity index (χ3n) is 9.56. The van der Waals surface area contributed by atoms with Crippen molar-refractivity contribution in [1.82, 2.24) is 19.7 Å². The number of carbonyl (C=O) groups excluding carboxylic acids is 1. The van der Waals surface area contributed by atoms with E-state index in [0.29, 0.717) is 29.8 Å². The van der Waals surface area contributed by atoms with Gasteiger partial charge in [-0.1, -0.05) is 0 Å². The van der Waals surface area contributed by atoms with Crippen LogP contribution in [-0.4, -0.2) is 49.7 Å². The average molecular weight is 579 g/mol. The van der Waals surface area contributed by atoms with Crippen molar-refractivity contribution >= 4 is 38.6 Å². The van der Waals surface area contributed by atoms with E-state index in [2.05, 4.69) is 47.6 Å². The van der Waals surface area contributed by atoms with Crippen LogP contribution in [0.25, 0.3) is 11.0 Å². The number of amides is 1. The number of nitrogens with zero attached hydrogens (tertiary/aromatic N) is 6. The monoisotopic (exact) mass is 577 g/mol. The number of pyridine rings is 1. The average Bonchev–Trinajstić information content (AvgIpc) is 3.73. The fourth-order valence-electron chi connectivity index (χ4n) is 8.00. The molecule has 1 aliphatic carbocycles. The van der Waals surface area contributed by atoms with Crippen molar-refractivity contribution < 1.29 is 9.21 Å². The van der Waals surface area contributed by atoms with Crippen molar-refractivity contribution in [3.8, 4) is 6.07 Å². The first-order valence-corrected chi connectivity index (χ1v) is 14.7. The Morgan fingerprint density at radius 3 is 2.76 bits per heavy atom. The highest BCUT2D eigenvalue weighted by Crippen LogP contribution is 2.47. The van der Waals surface area contributed by atoms with Crippen molar-refractivity contribution in [2.24, 2.45) is 11.7 Å². The Bertz CT molecular complexity index is 1420. The lowest BCUT2D eigenvalue weighted by molar-refractivity contribution is -0.122. The third-order valence-corrected chi connectivity index (χ3v) is 10.3. The molecular weight excluding hydrogens is 546 g/mol. The van der Waals surface area contributed by atoms with Crippen molar-refractivity contribution in [1.29, 1.82) is 5.26 Å². The van der Waals surface area contributed by atoms with Crippen molar-refractivity contribution in [3.63, 3.8) is 0 Å². The normalized spacial score (nSPS) is 30.8. The van der Waals surface area contributed by atoms with Gasteiger partial charge in [-0.15, -0.1) is 0 Å². The molecule has 3 aliphatic heterocycles. The summed E-state index contributed by atoms with van der Waals surface area (Å²) < 4.78 is 8.68. The lowest BCUT2D eigenvalue weighted by Crippen LogP contribution is -2.48. The maximum atomic E-state index is 12.1. The van der Waals surface area contributed by atoms with Crippen LogP contribution in [0.15, 0.2) is 33.4 Å². The smallest absolute Gasteiger partial charge is 0.222 e. The van der Waals surface area contributed by atoms with Gasteiger partial charge in [0.1, 0.15) is 11.9 Å². The molecule has 9 nitrogen and oxygen atoms in total. The van der Waals surface area contributed by atoms with Gasteiger partial charge in [-0.2, -0.15) is 10.4 Å². The number of carbonyl (C=O) groups is 1. The topological polar surface area (TPSA) is 117 Å². The Morgan fingerprint density at radius 2 is 2.00 bits per heavy atom. The molecule has 198 valence electrons. The lowest BCUT2D eigenvalue weighted by Gasteiger charge is -2.45. The number of hydrogen-bond donors (Lipinski definition) is 1. The van der Waals surface area contributed by atoms with Crippen LogP contribution in [0.5, 0.6) is 0 Å². The van der Waals surface area contributed by atoms with Crippen LogP contribution in [0.4, 0.5) is 5.82 Å². The summed E-state index contributed by atoms with van der Waals surface area (Å²) in [6, 6.07) is 7.91. The number of rotatable bonds is 5. The molecule has 0 radical (unpaired) electrons. The molecule has 3 fully saturated rings. The SMILES string of the molecule is N#Cc1cc2c(Br)c(N(C3CCC(N4[C@H]5CC[C@H]4[C@@H](C(N)=O)C5)CC3)[C@H]3CCCn4nccc43)ncc2o1. The Hall–Kier alpha value is -2.90. The molecule has 2 saturated heterocycles. The third kappa shape index (κ3) is 3.77. The van der Waals surface area contributed by atoms with Gasteiger partial charge < -0.3 is 15.1 Å². The second kappa shape index (κ2) is 9.38. The highest BCUT2D eigenvalue weighted by molar-refractivity contribution is 9.10. The van der Waals surface area contributed by atoms with E-state index in [1.807, 2.05) is 6.20 Å². The Morgan fingerprint density at radius 1 is 1.18 bits per heavy atom. The number of aryl methyl sites for hydroxylation is 1.